The molecule has 0 saturated carbocycles. The van der Waals surface area contributed by atoms with E-state index in [1.165, 1.54) is 20.3 Å². The molecule has 0 fully saturated rings. The Hall–Kier alpha value is -2.35. The summed E-state index contributed by atoms with van der Waals surface area (Å²) < 4.78 is 9.24. The molecule has 1 unspecified atom stereocenters. The first-order chi connectivity index (χ1) is 8.63. The number of nitrogens with zero attached hydrogens (tertiary/aromatic N) is 1. The first-order valence-electron chi connectivity index (χ1n) is 5.27. The molecule has 0 aliphatic heterocycles. The monoisotopic (exact) mass is 247 g/mol. The number of carbonyl (C=O) groups is 2. The van der Waals surface area contributed by atoms with E-state index in [1.54, 1.807) is 18.2 Å². The molecule has 0 bridgehead atoms. The van der Waals surface area contributed by atoms with E-state index >= 15 is 0 Å². The van der Waals surface area contributed by atoms with Crippen LogP contribution in [0.5, 0.6) is 0 Å². The van der Waals surface area contributed by atoms with Crippen LogP contribution in [0.3, 0.4) is 0 Å². The summed E-state index contributed by atoms with van der Waals surface area (Å²) in [6.07, 6.45) is -0.00268. The Labute approximate surface area is 105 Å². The van der Waals surface area contributed by atoms with E-state index in [2.05, 4.69) is 9.47 Å². The smallest absolute Gasteiger partial charge is 0.337 e. The van der Waals surface area contributed by atoms with Crippen LogP contribution in [0.15, 0.2) is 24.3 Å². The van der Waals surface area contributed by atoms with E-state index in [1.807, 2.05) is 6.07 Å². The molecule has 0 N–H and O–H groups in total. The summed E-state index contributed by atoms with van der Waals surface area (Å²) in [6.45, 7) is 0. The lowest BCUT2D eigenvalue weighted by Gasteiger charge is -2.12. The highest BCUT2D eigenvalue weighted by molar-refractivity contribution is 5.90. The zero-order valence-corrected chi connectivity index (χ0v) is 10.2. The molecule has 5 nitrogen and oxygen atoms in total. The van der Waals surface area contributed by atoms with Gasteiger partial charge in [-0.2, -0.15) is 5.26 Å². The minimum absolute atomic E-state index is 0.00268. The highest BCUT2D eigenvalue weighted by Crippen LogP contribution is 2.22. The molecule has 1 aromatic rings. The van der Waals surface area contributed by atoms with Gasteiger partial charge in [-0.25, -0.2) is 4.79 Å². The first kappa shape index (κ1) is 13.7. The lowest BCUT2D eigenvalue weighted by molar-refractivity contribution is -0.142. The number of hydrogen-bond acceptors (Lipinski definition) is 5. The fourth-order valence-electron chi connectivity index (χ4n) is 1.57. The van der Waals surface area contributed by atoms with Crippen molar-refractivity contribution < 1.29 is 19.1 Å². The third-order valence-electron chi connectivity index (χ3n) is 2.49. The maximum atomic E-state index is 11.6. The molecule has 1 rings (SSSR count). The van der Waals surface area contributed by atoms with Crippen LogP contribution in [0.2, 0.25) is 0 Å². The highest BCUT2D eigenvalue weighted by Gasteiger charge is 2.22. The summed E-state index contributed by atoms with van der Waals surface area (Å²) in [6, 6.07) is 8.34. The van der Waals surface area contributed by atoms with Gasteiger partial charge < -0.3 is 9.47 Å². The third kappa shape index (κ3) is 3.08. The van der Waals surface area contributed by atoms with E-state index in [-0.39, 0.29) is 6.42 Å². The Balaban J connectivity index is 3.10. The predicted molar refractivity (Wildman–Crippen MR) is 62.8 cm³/mol. The molecule has 18 heavy (non-hydrogen) atoms. The summed E-state index contributed by atoms with van der Waals surface area (Å²) in [5, 5.41) is 8.72. The Morgan fingerprint density at radius 3 is 2.61 bits per heavy atom. The summed E-state index contributed by atoms with van der Waals surface area (Å²) in [4.78, 5) is 22.9. The SMILES string of the molecule is COC(=O)c1cccc(C(CC#N)C(=O)OC)c1. The number of benzene rings is 1. The lowest BCUT2D eigenvalue weighted by atomic mass is 9.95. The van der Waals surface area contributed by atoms with Crippen molar-refractivity contribution in [2.45, 2.75) is 12.3 Å². The summed E-state index contributed by atoms with van der Waals surface area (Å²) in [5.74, 6) is -1.68. The van der Waals surface area contributed by atoms with E-state index in [0.717, 1.165) is 0 Å². The summed E-state index contributed by atoms with van der Waals surface area (Å²) >= 11 is 0. The van der Waals surface area contributed by atoms with Gasteiger partial charge in [0.25, 0.3) is 0 Å². The fraction of sp³-hybridized carbons (Fsp3) is 0.308. The zero-order chi connectivity index (χ0) is 13.5. The molecule has 0 saturated heterocycles. The Morgan fingerprint density at radius 2 is 2.06 bits per heavy atom. The Bertz CT molecular complexity index is 490. The molecular formula is C13H13NO4. The van der Waals surface area contributed by atoms with Crippen molar-refractivity contribution in [1.82, 2.24) is 0 Å². The molecule has 1 atom stereocenters. The molecular weight excluding hydrogens is 234 g/mol. The average molecular weight is 247 g/mol. The van der Waals surface area contributed by atoms with Crippen LogP contribution in [0.25, 0.3) is 0 Å². The van der Waals surface area contributed by atoms with Gasteiger partial charge in [-0.15, -0.1) is 0 Å². The maximum Gasteiger partial charge on any atom is 0.337 e. The van der Waals surface area contributed by atoms with Gasteiger partial charge in [0.15, 0.2) is 0 Å². The van der Waals surface area contributed by atoms with Gasteiger partial charge in [-0.05, 0) is 17.7 Å². The van der Waals surface area contributed by atoms with Crippen LogP contribution in [0.1, 0.15) is 28.3 Å². The first-order valence-corrected chi connectivity index (χ1v) is 5.27. The van der Waals surface area contributed by atoms with E-state index in [0.29, 0.717) is 11.1 Å². The second-order valence-corrected chi connectivity index (χ2v) is 3.56. The quantitative estimate of drug-likeness (QED) is 0.756. The van der Waals surface area contributed by atoms with Crippen molar-refractivity contribution in [1.29, 1.82) is 5.26 Å². The maximum absolute atomic E-state index is 11.6. The average Bonchev–Trinajstić information content (AvgIpc) is 2.43. The van der Waals surface area contributed by atoms with Crippen molar-refractivity contribution in [3.05, 3.63) is 35.4 Å². The minimum Gasteiger partial charge on any atom is -0.469 e. The van der Waals surface area contributed by atoms with Crippen LogP contribution in [-0.2, 0) is 14.3 Å². The number of nitriles is 1. The molecule has 1 aromatic carbocycles. The van der Waals surface area contributed by atoms with Crippen molar-refractivity contribution in [2.75, 3.05) is 14.2 Å². The number of hydrogen-bond donors (Lipinski definition) is 0. The van der Waals surface area contributed by atoms with Gasteiger partial charge in [-0.3, -0.25) is 4.79 Å². The summed E-state index contributed by atoms with van der Waals surface area (Å²) in [7, 11) is 2.54. The topological polar surface area (TPSA) is 76.4 Å². The second-order valence-electron chi connectivity index (χ2n) is 3.56. The zero-order valence-electron chi connectivity index (χ0n) is 10.2. The standard InChI is InChI=1S/C13H13NO4/c1-17-12(15)10-5-3-4-9(8-10)11(6-7-14)13(16)18-2/h3-5,8,11H,6H2,1-2H3. The number of carbonyl (C=O) groups excluding carboxylic acids is 2. The van der Waals surface area contributed by atoms with Crippen molar-refractivity contribution in [2.24, 2.45) is 0 Å². The lowest BCUT2D eigenvalue weighted by Crippen LogP contribution is -2.14. The fourth-order valence-corrected chi connectivity index (χ4v) is 1.57. The molecule has 0 spiro atoms. The van der Waals surface area contributed by atoms with Gasteiger partial charge in [0.2, 0.25) is 0 Å². The van der Waals surface area contributed by atoms with Crippen LogP contribution >= 0.6 is 0 Å². The van der Waals surface area contributed by atoms with Gasteiger partial charge in [0.05, 0.1) is 38.2 Å². The van der Waals surface area contributed by atoms with Crippen molar-refractivity contribution in [3.63, 3.8) is 0 Å². The highest BCUT2D eigenvalue weighted by atomic mass is 16.5. The normalized spacial score (nSPS) is 11.2. The van der Waals surface area contributed by atoms with Crippen molar-refractivity contribution in [3.8, 4) is 6.07 Å². The van der Waals surface area contributed by atoms with Crippen LogP contribution in [0, 0.1) is 11.3 Å². The molecule has 94 valence electrons. The number of ether oxygens (including phenoxy) is 2. The Morgan fingerprint density at radius 1 is 1.33 bits per heavy atom. The van der Waals surface area contributed by atoms with Crippen molar-refractivity contribution >= 4 is 11.9 Å². The molecule has 5 heteroatoms. The molecule has 0 aliphatic carbocycles. The van der Waals surface area contributed by atoms with Crippen LogP contribution < -0.4 is 0 Å². The predicted octanol–water partition coefficient (Wildman–Crippen LogP) is 1.64. The van der Waals surface area contributed by atoms with E-state index in [4.69, 9.17) is 5.26 Å². The van der Waals surface area contributed by atoms with E-state index in [9.17, 15) is 9.59 Å². The van der Waals surface area contributed by atoms with Gasteiger partial charge >= 0.3 is 11.9 Å². The molecule has 0 heterocycles. The van der Waals surface area contributed by atoms with Gasteiger partial charge in [0.1, 0.15) is 0 Å². The van der Waals surface area contributed by atoms with Gasteiger partial charge in [0, 0.05) is 0 Å². The minimum atomic E-state index is -0.690. The van der Waals surface area contributed by atoms with Crippen LogP contribution in [-0.4, -0.2) is 26.2 Å². The second kappa shape index (κ2) is 6.40. The van der Waals surface area contributed by atoms with Crippen LogP contribution in [0.4, 0.5) is 0 Å². The summed E-state index contributed by atoms with van der Waals surface area (Å²) in [5.41, 5.74) is 0.896. The number of rotatable bonds is 4. The third-order valence-corrected chi connectivity index (χ3v) is 2.49. The van der Waals surface area contributed by atoms with E-state index < -0.39 is 17.9 Å². The Kier molecular flexibility index (Phi) is 4.88. The largest absolute Gasteiger partial charge is 0.469 e. The molecule has 0 aromatic heterocycles. The molecule has 0 amide bonds. The number of esters is 2. The van der Waals surface area contributed by atoms with Gasteiger partial charge in [-0.1, -0.05) is 12.1 Å². The molecule has 0 radical (unpaired) electrons. The number of methoxy groups -OCH3 is 2. The molecule has 0 aliphatic rings.